The van der Waals surface area contributed by atoms with Gasteiger partial charge >= 0.3 is 0 Å². The van der Waals surface area contributed by atoms with E-state index < -0.39 is 0 Å². The van der Waals surface area contributed by atoms with Crippen molar-refractivity contribution in [3.63, 3.8) is 0 Å². The molecule has 9 heavy (non-hydrogen) atoms. The summed E-state index contributed by atoms with van der Waals surface area (Å²) in [5, 5.41) is 0. The molecule has 3 heteroatoms. The molecule has 0 nitrogen and oxygen atoms in total. The fourth-order valence-electron chi connectivity index (χ4n) is 0.679. The average Bonchev–Trinajstić information content (AvgIpc) is 1.90. The van der Waals surface area contributed by atoms with E-state index in [1.165, 1.54) is 0 Å². The number of hydrogen-bond acceptors (Lipinski definition) is 0. The normalized spacial score (nSPS) is 12.7. The van der Waals surface area contributed by atoms with Crippen LogP contribution in [0.25, 0.3) is 0 Å². The Hall–Kier alpha value is -0.0652. The predicted octanol–water partition coefficient (Wildman–Crippen LogP) is 0.974. The SMILES string of the molecule is [B][B]C(CC)=C([B])CC. The monoisotopic (exact) mass is 115 g/mol. The van der Waals surface area contributed by atoms with E-state index in [0.29, 0.717) is 0 Å². The minimum Gasteiger partial charge on any atom is -0.130 e. The van der Waals surface area contributed by atoms with Crippen molar-refractivity contribution in [2.45, 2.75) is 26.7 Å². The maximum absolute atomic E-state index is 5.61. The van der Waals surface area contributed by atoms with Crippen LogP contribution in [0.1, 0.15) is 26.7 Å². The highest BCUT2D eigenvalue weighted by Gasteiger charge is 1.93. The van der Waals surface area contributed by atoms with E-state index in [4.69, 9.17) is 15.6 Å². The van der Waals surface area contributed by atoms with Gasteiger partial charge in [-0.15, -0.1) is 10.9 Å². The molecule has 0 atom stereocenters. The van der Waals surface area contributed by atoms with Crippen molar-refractivity contribution >= 4 is 22.8 Å². The molecule has 0 spiro atoms. The second-order valence-electron chi connectivity index (χ2n) is 1.92. The van der Waals surface area contributed by atoms with Crippen molar-refractivity contribution in [3.05, 3.63) is 10.9 Å². The van der Waals surface area contributed by atoms with Gasteiger partial charge < -0.3 is 0 Å². The molecule has 0 aromatic rings. The average molecular weight is 115 g/mol. The Bertz CT molecular complexity index is 101. The molecule has 0 heterocycles. The van der Waals surface area contributed by atoms with Gasteiger partial charge in [0.1, 0.15) is 7.85 Å². The molecule has 0 aliphatic heterocycles. The van der Waals surface area contributed by atoms with Crippen LogP contribution in [0.15, 0.2) is 10.9 Å². The van der Waals surface area contributed by atoms with Crippen LogP contribution < -0.4 is 0 Å². The van der Waals surface area contributed by atoms with Crippen LogP contribution in [-0.2, 0) is 0 Å². The van der Waals surface area contributed by atoms with Crippen LogP contribution in [-0.4, -0.2) is 22.8 Å². The summed E-state index contributed by atoms with van der Waals surface area (Å²) in [5.74, 6) is 0. The molecule has 0 aliphatic carbocycles. The Morgan fingerprint density at radius 1 is 1.33 bits per heavy atom. The summed E-state index contributed by atoms with van der Waals surface area (Å²) in [6, 6.07) is 0. The van der Waals surface area contributed by atoms with E-state index in [2.05, 4.69) is 0 Å². The van der Waals surface area contributed by atoms with Gasteiger partial charge in [-0.3, -0.25) is 0 Å². The molecule has 0 rings (SSSR count). The minimum atomic E-state index is 0.886. The topological polar surface area (TPSA) is 0 Å². The van der Waals surface area contributed by atoms with E-state index >= 15 is 0 Å². The van der Waals surface area contributed by atoms with Crippen LogP contribution in [0.2, 0.25) is 0 Å². The van der Waals surface area contributed by atoms with Crippen LogP contribution in [0.3, 0.4) is 0 Å². The molecule has 5 radical (unpaired) electrons. The Morgan fingerprint density at radius 2 is 1.89 bits per heavy atom. The lowest BCUT2D eigenvalue weighted by Gasteiger charge is -2.04. The standard InChI is InChI=1S/C6H10B3/c1-3-5(7)6(4-2)9-8/h3-4H2,1-2H3. The van der Waals surface area contributed by atoms with Crippen LogP contribution >= 0.6 is 0 Å². The fourth-order valence-corrected chi connectivity index (χ4v) is 0.679. The third kappa shape index (κ3) is 2.83. The maximum Gasteiger partial charge on any atom is 0.106 e. The summed E-state index contributed by atoms with van der Waals surface area (Å²) in [7, 11) is 12.5. The molecule has 0 saturated heterocycles. The minimum absolute atomic E-state index is 0.886. The lowest BCUT2D eigenvalue weighted by molar-refractivity contribution is 1.11. The first kappa shape index (κ1) is 8.93. The summed E-state index contributed by atoms with van der Waals surface area (Å²) in [5.41, 5.74) is 1.97. The third-order valence-corrected chi connectivity index (χ3v) is 1.38. The molecule has 0 aliphatic rings. The number of hydrogen-bond donors (Lipinski definition) is 0. The van der Waals surface area contributed by atoms with Gasteiger partial charge in [0.2, 0.25) is 0 Å². The van der Waals surface area contributed by atoms with Gasteiger partial charge in [-0.05, 0) is 12.8 Å². The van der Waals surface area contributed by atoms with Gasteiger partial charge in [0, 0.05) is 7.74 Å². The lowest BCUT2D eigenvalue weighted by Crippen LogP contribution is -1.99. The zero-order valence-electron chi connectivity index (χ0n) is 6.15. The second kappa shape index (κ2) is 4.78. The van der Waals surface area contributed by atoms with Gasteiger partial charge in [0.05, 0.1) is 7.17 Å². The zero-order valence-corrected chi connectivity index (χ0v) is 6.15. The molecular formula is C6H10B3. The molecule has 0 aromatic heterocycles. The molecule has 0 unspecified atom stereocenters. The smallest absolute Gasteiger partial charge is 0.106 e. The molecule has 0 bridgehead atoms. The van der Waals surface area contributed by atoms with E-state index in [1.54, 1.807) is 7.17 Å². The van der Waals surface area contributed by atoms with Gasteiger partial charge in [0.15, 0.2) is 0 Å². The van der Waals surface area contributed by atoms with E-state index in [0.717, 1.165) is 23.8 Å². The van der Waals surface area contributed by atoms with Crippen molar-refractivity contribution < 1.29 is 0 Å². The summed E-state index contributed by atoms with van der Waals surface area (Å²) < 4.78 is 0. The zero-order chi connectivity index (χ0) is 7.28. The quantitative estimate of drug-likeness (QED) is 0.480. The first-order chi connectivity index (χ1) is 4.26. The van der Waals surface area contributed by atoms with Crippen molar-refractivity contribution in [3.8, 4) is 0 Å². The lowest BCUT2D eigenvalue weighted by atomic mass is 9.47. The Balaban J connectivity index is 4.01. The van der Waals surface area contributed by atoms with E-state index in [9.17, 15) is 0 Å². The van der Waals surface area contributed by atoms with Crippen molar-refractivity contribution in [1.82, 2.24) is 0 Å². The third-order valence-electron chi connectivity index (χ3n) is 1.38. The molecule has 0 N–H and O–H groups in total. The Morgan fingerprint density at radius 3 is 2.00 bits per heavy atom. The van der Waals surface area contributed by atoms with Gasteiger partial charge in [0.25, 0.3) is 0 Å². The second-order valence-corrected chi connectivity index (χ2v) is 1.92. The summed E-state index contributed by atoms with van der Waals surface area (Å²) in [6.45, 7) is 4.07. The van der Waals surface area contributed by atoms with E-state index in [-0.39, 0.29) is 0 Å². The fraction of sp³-hybridized carbons (Fsp3) is 0.667. The van der Waals surface area contributed by atoms with Crippen molar-refractivity contribution in [2.75, 3.05) is 0 Å². The maximum atomic E-state index is 5.61. The van der Waals surface area contributed by atoms with E-state index in [1.807, 2.05) is 13.8 Å². The predicted molar refractivity (Wildman–Crippen MR) is 44.9 cm³/mol. The largest absolute Gasteiger partial charge is 0.130 e. The van der Waals surface area contributed by atoms with Crippen LogP contribution in [0.4, 0.5) is 0 Å². The summed E-state index contributed by atoms with van der Waals surface area (Å²) in [4.78, 5) is 0. The first-order valence-electron chi connectivity index (χ1n) is 3.28. The van der Waals surface area contributed by atoms with Gasteiger partial charge in [-0.25, -0.2) is 0 Å². The molecule has 0 aromatic carbocycles. The Kier molecular flexibility index (Phi) is 4.75. The molecular weight excluding hydrogens is 105 g/mol. The van der Waals surface area contributed by atoms with Crippen LogP contribution in [0.5, 0.6) is 0 Å². The highest BCUT2D eigenvalue weighted by Crippen LogP contribution is 2.05. The molecule has 0 fully saturated rings. The summed E-state index contributed by atoms with van der Waals surface area (Å²) in [6.07, 6.45) is 1.81. The summed E-state index contributed by atoms with van der Waals surface area (Å²) >= 11 is 0. The van der Waals surface area contributed by atoms with Gasteiger partial charge in [-0.1, -0.05) is 13.8 Å². The first-order valence-corrected chi connectivity index (χ1v) is 3.28. The molecule has 43 valence electrons. The highest BCUT2D eigenvalue weighted by atomic mass is 13.8. The Labute approximate surface area is 61.1 Å². The number of rotatable bonds is 3. The van der Waals surface area contributed by atoms with Crippen LogP contribution in [0, 0.1) is 0 Å². The van der Waals surface area contributed by atoms with Gasteiger partial charge in [-0.2, -0.15) is 0 Å². The molecule has 0 amide bonds. The van der Waals surface area contributed by atoms with Crippen molar-refractivity contribution in [2.24, 2.45) is 0 Å². The number of allylic oxidation sites excluding steroid dienone is 2. The molecule has 0 saturated carbocycles. The highest BCUT2D eigenvalue weighted by molar-refractivity contribution is 6.94. The van der Waals surface area contributed by atoms with Crippen molar-refractivity contribution in [1.29, 1.82) is 0 Å².